The number of carbonyl (C=O) groups excluding carboxylic acids is 2. The first kappa shape index (κ1) is 24.0. The second-order valence-electron chi connectivity index (χ2n) is 8.93. The molecule has 4 rings (SSSR count). The maximum absolute atomic E-state index is 13.0. The highest BCUT2D eigenvalue weighted by molar-refractivity contribution is 6.35. The Hall–Kier alpha value is -2.12. The summed E-state index contributed by atoms with van der Waals surface area (Å²) in [5.41, 5.74) is 2.73. The van der Waals surface area contributed by atoms with Crippen LogP contribution in [-0.4, -0.2) is 72.3 Å². The molecule has 2 amide bonds. The first-order valence-corrected chi connectivity index (χ1v) is 12.2. The number of likely N-dealkylation sites (tertiary alicyclic amines) is 1. The van der Waals surface area contributed by atoms with Crippen LogP contribution in [0.2, 0.25) is 10.0 Å². The Labute approximate surface area is 205 Å². The number of halogens is 2. The molecule has 0 saturated carbocycles. The van der Waals surface area contributed by atoms with Gasteiger partial charge in [-0.05, 0) is 49.2 Å². The molecule has 33 heavy (non-hydrogen) atoms. The zero-order chi connectivity index (χ0) is 23.4. The van der Waals surface area contributed by atoms with E-state index in [1.807, 2.05) is 0 Å². The van der Waals surface area contributed by atoms with Crippen LogP contribution in [-0.2, 0) is 17.9 Å². The number of rotatable bonds is 6. The summed E-state index contributed by atoms with van der Waals surface area (Å²) in [4.78, 5) is 32.3. The van der Waals surface area contributed by atoms with Gasteiger partial charge in [0.1, 0.15) is 6.04 Å². The van der Waals surface area contributed by atoms with Gasteiger partial charge in [-0.1, -0.05) is 47.5 Å². The Bertz CT molecular complexity index is 970. The third-order valence-corrected chi connectivity index (χ3v) is 6.85. The molecule has 2 fully saturated rings. The van der Waals surface area contributed by atoms with E-state index in [1.165, 1.54) is 5.56 Å². The van der Waals surface area contributed by atoms with E-state index < -0.39 is 6.04 Å². The SMILES string of the molecule is CN1CCN(Cc2ccc(CNC(=O)C3CCCN3C(=O)c3cc(Cl)cc(Cl)c3)cc2)CC1. The molecular weight excluding hydrogens is 459 g/mol. The number of benzene rings is 2. The van der Waals surface area contributed by atoms with Crippen molar-refractivity contribution < 1.29 is 9.59 Å². The van der Waals surface area contributed by atoms with Crippen LogP contribution < -0.4 is 5.32 Å². The molecule has 1 unspecified atom stereocenters. The minimum Gasteiger partial charge on any atom is -0.350 e. The molecule has 6 nitrogen and oxygen atoms in total. The fraction of sp³-hybridized carbons (Fsp3) is 0.440. The van der Waals surface area contributed by atoms with Crippen LogP contribution in [0.5, 0.6) is 0 Å². The highest BCUT2D eigenvalue weighted by Gasteiger charge is 2.34. The summed E-state index contributed by atoms with van der Waals surface area (Å²) in [7, 11) is 2.16. The molecule has 2 heterocycles. The zero-order valence-corrected chi connectivity index (χ0v) is 20.4. The van der Waals surface area contributed by atoms with Gasteiger partial charge >= 0.3 is 0 Å². The molecule has 1 atom stereocenters. The fourth-order valence-electron chi connectivity index (χ4n) is 4.46. The summed E-state index contributed by atoms with van der Waals surface area (Å²) in [6, 6.07) is 12.7. The Morgan fingerprint density at radius 2 is 1.58 bits per heavy atom. The standard InChI is InChI=1S/C25H30Cl2N4O2/c1-29-9-11-30(12-10-29)17-19-6-4-18(5-7-19)16-28-24(32)23-3-2-8-31(23)25(33)20-13-21(26)15-22(27)14-20/h4-7,13-15,23H,2-3,8-12,16-17H2,1H3,(H,28,32). The molecule has 1 N–H and O–H groups in total. The lowest BCUT2D eigenvalue weighted by atomic mass is 10.1. The van der Waals surface area contributed by atoms with Crippen molar-refractivity contribution in [1.82, 2.24) is 20.0 Å². The van der Waals surface area contributed by atoms with Gasteiger partial charge in [0.15, 0.2) is 0 Å². The number of nitrogens with one attached hydrogen (secondary N) is 1. The maximum atomic E-state index is 13.0. The van der Waals surface area contributed by atoms with Gasteiger partial charge in [0, 0.05) is 61.4 Å². The van der Waals surface area contributed by atoms with Crippen LogP contribution in [0.3, 0.4) is 0 Å². The number of amides is 2. The molecule has 2 saturated heterocycles. The van der Waals surface area contributed by atoms with Crippen LogP contribution in [0.1, 0.15) is 34.3 Å². The van der Waals surface area contributed by atoms with Crippen LogP contribution in [0.15, 0.2) is 42.5 Å². The number of carbonyl (C=O) groups is 2. The van der Waals surface area contributed by atoms with E-state index in [4.69, 9.17) is 23.2 Å². The predicted molar refractivity (Wildman–Crippen MR) is 132 cm³/mol. The van der Waals surface area contributed by atoms with Crippen molar-refractivity contribution in [3.8, 4) is 0 Å². The first-order valence-electron chi connectivity index (χ1n) is 11.4. The highest BCUT2D eigenvalue weighted by atomic mass is 35.5. The molecule has 0 spiro atoms. The summed E-state index contributed by atoms with van der Waals surface area (Å²) in [6.45, 7) is 6.33. The average molecular weight is 489 g/mol. The summed E-state index contributed by atoms with van der Waals surface area (Å²) in [5, 5.41) is 3.81. The lowest BCUT2D eigenvalue weighted by Crippen LogP contribution is -2.45. The summed E-state index contributed by atoms with van der Waals surface area (Å²) in [6.07, 6.45) is 1.44. The number of likely N-dealkylation sites (N-methyl/N-ethyl adjacent to an activating group) is 1. The maximum Gasteiger partial charge on any atom is 0.254 e. The first-order chi connectivity index (χ1) is 15.9. The van der Waals surface area contributed by atoms with Crippen LogP contribution in [0.25, 0.3) is 0 Å². The molecule has 0 aliphatic carbocycles. The van der Waals surface area contributed by atoms with Gasteiger partial charge in [0.05, 0.1) is 0 Å². The summed E-state index contributed by atoms with van der Waals surface area (Å²) >= 11 is 12.1. The van der Waals surface area contributed by atoms with Gasteiger partial charge in [-0.3, -0.25) is 14.5 Å². The Morgan fingerprint density at radius 3 is 2.24 bits per heavy atom. The topological polar surface area (TPSA) is 55.9 Å². The molecule has 8 heteroatoms. The highest BCUT2D eigenvalue weighted by Crippen LogP contribution is 2.24. The van der Waals surface area contributed by atoms with E-state index in [1.54, 1.807) is 23.1 Å². The monoisotopic (exact) mass is 488 g/mol. The molecule has 2 aliphatic rings. The van der Waals surface area contributed by atoms with Crippen molar-refractivity contribution in [1.29, 1.82) is 0 Å². The minimum absolute atomic E-state index is 0.129. The quantitative estimate of drug-likeness (QED) is 0.673. The Balaban J connectivity index is 1.31. The van der Waals surface area contributed by atoms with Crippen molar-refractivity contribution in [2.75, 3.05) is 39.8 Å². The smallest absolute Gasteiger partial charge is 0.254 e. The second kappa shape index (κ2) is 10.9. The fourth-order valence-corrected chi connectivity index (χ4v) is 4.99. The minimum atomic E-state index is -0.480. The Kier molecular flexibility index (Phi) is 7.91. The molecule has 0 radical (unpaired) electrons. The van der Waals surface area contributed by atoms with Crippen molar-refractivity contribution in [2.24, 2.45) is 0 Å². The number of piperazine rings is 1. The van der Waals surface area contributed by atoms with E-state index in [9.17, 15) is 9.59 Å². The van der Waals surface area contributed by atoms with Crippen molar-refractivity contribution in [3.63, 3.8) is 0 Å². The molecule has 176 valence electrons. The predicted octanol–water partition coefficient (Wildman–Crippen LogP) is 3.66. The molecular formula is C25H30Cl2N4O2. The number of hydrogen-bond donors (Lipinski definition) is 1. The van der Waals surface area contributed by atoms with E-state index in [0.717, 1.165) is 44.7 Å². The number of hydrogen-bond acceptors (Lipinski definition) is 4. The van der Waals surface area contributed by atoms with Crippen molar-refractivity contribution >= 4 is 35.0 Å². The van der Waals surface area contributed by atoms with E-state index in [-0.39, 0.29) is 11.8 Å². The Morgan fingerprint density at radius 1 is 0.939 bits per heavy atom. The second-order valence-corrected chi connectivity index (χ2v) is 9.80. The summed E-state index contributed by atoms with van der Waals surface area (Å²) in [5.74, 6) is -0.346. The van der Waals surface area contributed by atoms with Gasteiger partial charge in [-0.25, -0.2) is 0 Å². The van der Waals surface area contributed by atoms with Gasteiger partial charge in [0.25, 0.3) is 5.91 Å². The third-order valence-electron chi connectivity index (χ3n) is 6.42. The van der Waals surface area contributed by atoms with Gasteiger partial charge in [-0.2, -0.15) is 0 Å². The molecule has 2 aromatic carbocycles. The van der Waals surface area contributed by atoms with Gasteiger partial charge in [0.2, 0.25) is 5.91 Å². The van der Waals surface area contributed by atoms with Crippen LogP contribution in [0.4, 0.5) is 0 Å². The van der Waals surface area contributed by atoms with Crippen LogP contribution in [0, 0.1) is 0 Å². The average Bonchev–Trinajstić information content (AvgIpc) is 3.29. The lowest BCUT2D eigenvalue weighted by molar-refractivity contribution is -0.125. The van der Waals surface area contributed by atoms with Crippen molar-refractivity contribution in [3.05, 3.63) is 69.2 Å². The number of nitrogens with zero attached hydrogens (tertiary/aromatic N) is 3. The largest absolute Gasteiger partial charge is 0.350 e. The van der Waals surface area contributed by atoms with Crippen molar-refractivity contribution in [2.45, 2.75) is 32.0 Å². The zero-order valence-electron chi connectivity index (χ0n) is 18.9. The third kappa shape index (κ3) is 6.27. The van der Waals surface area contributed by atoms with E-state index in [2.05, 4.69) is 46.4 Å². The van der Waals surface area contributed by atoms with E-state index in [0.29, 0.717) is 35.1 Å². The van der Waals surface area contributed by atoms with Gasteiger partial charge in [-0.15, -0.1) is 0 Å². The van der Waals surface area contributed by atoms with Gasteiger partial charge < -0.3 is 15.1 Å². The molecule has 0 aromatic heterocycles. The van der Waals surface area contributed by atoms with E-state index >= 15 is 0 Å². The molecule has 2 aromatic rings. The molecule has 2 aliphatic heterocycles. The normalized spacial score (nSPS) is 19.6. The molecule has 0 bridgehead atoms. The summed E-state index contributed by atoms with van der Waals surface area (Å²) < 4.78 is 0. The van der Waals surface area contributed by atoms with Crippen LogP contribution >= 0.6 is 23.2 Å². The lowest BCUT2D eigenvalue weighted by Gasteiger charge is -2.32.